The number of hydrogen-bond donors (Lipinski definition) is 1. The van der Waals surface area contributed by atoms with Crippen molar-refractivity contribution in [2.24, 2.45) is 5.92 Å². The van der Waals surface area contributed by atoms with E-state index in [1.165, 1.54) is 42.8 Å². The standard InChI is InChI=1S/C11H16N2O/c1-2-9-10(3-1)13-14-11(9)6-8-4-5-12-7-8/h8,12H,1-7H2. The first kappa shape index (κ1) is 8.48. The molecule has 1 atom stereocenters. The Morgan fingerprint density at radius 1 is 1.43 bits per heavy atom. The first-order chi connectivity index (χ1) is 6.93. The molecule has 3 heteroatoms. The summed E-state index contributed by atoms with van der Waals surface area (Å²) in [4.78, 5) is 0. The van der Waals surface area contributed by atoms with E-state index in [0.717, 1.165) is 25.3 Å². The summed E-state index contributed by atoms with van der Waals surface area (Å²) in [7, 11) is 0. The summed E-state index contributed by atoms with van der Waals surface area (Å²) in [5.74, 6) is 1.94. The normalized spacial score (nSPS) is 25.6. The molecule has 1 unspecified atom stereocenters. The summed E-state index contributed by atoms with van der Waals surface area (Å²) in [6.45, 7) is 2.32. The van der Waals surface area contributed by atoms with E-state index in [1.807, 2.05) is 0 Å². The number of aryl methyl sites for hydroxylation is 1. The lowest BCUT2D eigenvalue weighted by Gasteiger charge is -2.05. The van der Waals surface area contributed by atoms with E-state index >= 15 is 0 Å². The van der Waals surface area contributed by atoms with Crippen molar-refractivity contribution in [2.45, 2.75) is 32.1 Å². The van der Waals surface area contributed by atoms with Gasteiger partial charge in [0.15, 0.2) is 0 Å². The summed E-state index contributed by atoms with van der Waals surface area (Å²) in [5, 5.41) is 7.53. The molecule has 1 aromatic heterocycles. The zero-order chi connectivity index (χ0) is 9.38. The van der Waals surface area contributed by atoms with Gasteiger partial charge in [0, 0.05) is 12.0 Å². The number of fused-ring (bicyclic) bond motifs is 1. The zero-order valence-corrected chi connectivity index (χ0v) is 8.38. The maximum Gasteiger partial charge on any atom is 0.140 e. The summed E-state index contributed by atoms with van der Waals surface area (Å²) in [5.41, 5.74) is 2.66. The lowest BCUT2D eigenvalue weighted by atomic mass is 10.0. The van der Waals surface area contributed by atoms with E-state index in [4.69, 9.17) is 4.52 Å². The molecule has 0 aromatic carbocycles. The highest BCUT2D eigenvalue weighted by Crippen LogP contribution is 2.27. The Hall–Kier alpha value is -0.830. The molecule has 0 saturated carbocycles. The molecule has 3 nitrogen and oxygen atoms in total. The minimum atomic E-state index is 0.771. The lowest BCUT2D eigenvalue weighted by molar-refractivity contribution is 0.354. The van der Waals surface area contributed by atoms with Gasteiger partial charge in [-0.1, -0.05) is 5.16 Å². The fourth-order valence-electron chi connectivity index (χ4n) is 2.61. The van der Waals surface area contributed by atoms with Crippen molar-refractivity contribution in [3.05, 3.63) is 17.0 Å². The quantitative estimate of drug-likeness (QED) is 0.768. The monoisotopic (exact) mass is 192 g/mol. The molecule has 0 amide bonds. The minimum Gasteiger partial charge on any atom is -0.361 e. The van der Waals surface area contributed by atoms with Crippen LogP contribution in [0, 0.1) is 5.92 Å². The van der Waals surface area contributed by atoms with Crippen LogP contribution in [-0.2, 0) is 19.3 Å². The Labute approximate surface area is 83.9 Å². The molecule has 1 aliphatic heterocycles. The smallest absolute Gasteiger partial charge is 0.140 e. The molecule has 1 saturated heterocycles. The van der Waals surface area contributed by atoms with Gasteiger partial charge in [0.25, 0.3) is 0 Å². The van der Waals surface area contributed by atoms with Crippen molar-refractivity contribution in [1.29, 1.82) is 0 Å². The van der Waals surface area contributed by atoms with E-state index in [0.29, 0.717) is 0 Å². The fourth-order valence-corrected chi connectivity index (χ4v) is 2.61. The van der Waals surface area contributed by atoms with Gasteiger partial charge in [-0.25, -0.2) is 0 Å². The second-order valence-corrected chi connectivity index (χ2v) is 4.45. The molecule has 2 aliphatic rings. The first-order valence-electron chi connectivity index (χ1n) is 5.60. The van der Waals surface area contributed by atoms with Crippen LogP contribution in [0.2, 0.25) is 0 Å². The molecule has 1 fully saturated rings. The second-order valence-electron chi connectivity index (χ2n) is 4.45. The minimum absolute atomic E-state index is 0.771. The highest BCUT2D eigenvalue weighted by molar-refractivity contribution is 5.27. The molecule has 14 heavy (non-hydrogen) atoms. The Morgan fingerprint density at radius 3 is 3.29 bits per heavy atom. The van der Waals surface area contributed by atoms with E-state index in [9.17, 15) is 0 Å². The molecule has 1 aromatic rings. The SMILES string of the molecule is C1Cc2noc(CC3CCNC3)c2C1. The summed E-state index contributed by atoms with van der Waals surface area (Å²) >= 11 is 0. The molecule has 1 aliphatic carbocycles. The van der Waals surface area contributed by atoms with E-state index < -0.39 is 0 Å². The van der Waals surface area contributed by atoms with Crippen molar-refractivity contribution >= 4 is 0 Å². The third kappa shape index (κ3) is 1.36. The average molecular weight is 192 g/mol. The van der Waals surface area contributed by atoms with Crippen LogP contribution in [-0.4, -0.2) is 18.2 Å². The predicted octanol–water partition coefficient (Wildman–Crippen LogP) is 1.32. The van der Waals surface area contributed by atoms with Crippen molar-refractivity contribution in [3.8, 4) is 0 Å². The number of rotatable bonds is 2. The fraction of sp³-hybridized carbons (Fsp3) is 0.727. The number of nitrogens with one attached hydrogen (secondary N) is 1. The van der Waals surface area contributed by atoms with Crippen LogP contribution in [0.4, 0.5) is 0 Å². The van der Waals surface area contributed by atoms with Crippen molar-refractivity contribution in [1.82, 2.24) is 10.5 Å². The van der Waals surface area contributed by atoms with Gasteiger partial charge in [0.05, 0.1) is 5.69 Å². The van der Waals surface area contributed by atoms with E-state index in [2.05, 4.69) is 10.5 Å². The maximum atomic E-state index is 5.42. The van der Waals surface area contributed by atoms with Gasteiger partial charge in [-0.2, -0.15) is 0 Å². The molecular weight excluding hydrogens is 176 g/mol. The van der Waals surface area contributed by atoms with E-state index in [-0.39, 0.29) is 0 Å². The Balaban J connectivity index is 1.76. The lowest BCUT2D eigenvalue weighted by Crippen LogP contribution is -2.11. The van der Waals surface area contributed by atoms with Gasteiger partial charge in [-0.3, -0.25) is 0 Å². The Morgan fingerprint density at radius 2 is 2.43 bits per heavy atom. The molecule has 76 valence electrons. The Kier molecular flexibility index (Phi) is 2.05. The summed E-state index contributed by atoms with van der Waals surface area (Å²) < 4.78 is 5.42. The van der Waals surface area contributed by atoms with Gasteiger partial charge in [0.1, 0.15) is 5.76 Å². The molecule has 0 spiro atoms. The van der Waals surface area contributed by atoms with Gasteiger partial charge in [-0.05, 0) is 44.7 Å². The summed E-state index contributed by atoms with van der Waals surface area (Å²) in [6.07, 6.45) is 5.96. The molecule has 2 heterocycles. The van der Waals surface area contributed by atoms with Gasteiger partial charge < -0.3 is 9.84 Å². The average Bonchev–Trinajstić information content (AvgIpc) is 2.85. The maximum absolute atomic E-state index is 5.42. The molecular formula is C11H16N2O. The van der Waals surface area contributed by atoms with Crippen LogP contribution in [0.15, 0.2) is 4.52 Å². The number of aromatic nitrogens is 1. The van der Waals surface area contributed by atoms with E-state index in [1.54, 1.807) is 0 Å². The van der Waals surface area contributed by atoms with Crippen LogP contribution in [0.25, 0.3) is 0 Å². The van der Waals surface area contributed by atoms with Gasteiger partial charge >= 0.3 is 0 Å². The van der Waals surface area contributed by atoms with Gasteiger partial charge in [0.2, 0.25) is 0 Å². The highest BCUT2D eigenvalue weighted by atomic mass is 16.5. The molecule has 1 N–H and O–H groups in total. The van der Waals surface area contributed by atoms with Crippen molar-refractivity contribution < 1.29 is 4.52 Å². The number of nitrogens with zero attached hydrogens (tertiary/aromatic N) is 1. The van der Waals surface area contributed by atoms with Crippen LogP contribution < -0.4 is 5.32 Å². The third-order valence-corrected chi connectivity index (χ3v) is 3.43. The van der Waals surface area contributed by atoms with Crippen molar-refractivity contribution in [2.75, 3.05) is 13.1 Å². The molecule has 3 rings (SSSR count). The molecule has 0 radical (unpaired) electrons. The summed E-state index contributed by atoms with van der Waals surface area (Å²) in [6, 6.07) is 0. The topological polar surface area (TPSA) is 38.1 Å². The Bertz CT molecular complexity index is 326. The van der Waals surface area contributed by atoms with Crippen LogP contribution in [0.3, 0.4) is 0 Å². The highest BCUT2D eigenvalue weighted by Gasteiger charge is 2.24. The van der Waals surface area contributed by atoms with Crippen LogP contribution in [0.1, 0.15) is 29.9 Å². The predicted molar refractivity (Wildman–Crippen MR) is 53.2 cm³/mol. The van der Waals surface area contributed by atoms with Gasteiger partial charge in [-0.15, -0.1) is 0 Å². The van der Waals surface area contributed by atoms with Crippen LogP contribution >= 0.6 is 0 Å². The zero-order valence-electron chi connectivity index (χ0n) is 8.38. The van der Waals surface area contributed by atoms with Crippen LogP contribution in [0.5, 0.6) is 0 Å². The molecule has 0 bridgehead atoms. The number of hydrogen-bond acceptors (Lipinski definition) is 3. The van der Waals surface area contributed by atoms with Crippen molar-refractivity contribution in [3.63, 3.8) is 0 Å². The third-order valence-electron chi connectivity index (χ3n) is 3.43. The largest absolute Gasteiger partial charge is 0.361 e. The first-order valence-corrected chi connectivity index (χ1v) is 5.60. The second kappa shape index (κ2) is 3.39.